The van der Waals surface area contributed by atoms with E-state index in [9.17, 15) is 24.5 Å². The van der Waals surface area contributed by atoms with Gasteiger partial charge in [-0.25, -0.2) is 0 Å². The summed E-state index contributed by atoms with van der Waals surface area (Å²) in [6.07, 6.45) is 0.623. The molecule has 0 saturated heterocycles. The highest BCUT2D eigenvalue weighted by Gasteiger charge is 2.58. The molecular formula is C15H12ClNO5. The van der Waals surface area contributed by atoms with Crippen LogP contribution in [0.5, 0.6) is 0 Å². The van der Waals surface area contributed by atoms with Crippen molar-refractivity contribution in [2.45, 2.75) is 13.3 Å². The third kappa shape index (κ3) is 2.14. The van der Waals surface area contributed by atoms with Gasteiger partial charge in [0.25, 0.3) is 5.69 Å². The van der Waals surface area contributed by atoms with Crippen LogP contribution in [0.1, 0.15) is 23.7 Å². The van der Waals surface area contributed by atoms with Crippen LogP contribution in [0, 0.1) is 33.8 Å². The molecule has 2 aliphatic carbocycles. The number of carbonyl (C=O) groups is 3. The van der Waals surface area contributed by atoms with Crippen molar-refractivity contribution < 1.29 is 19.3 Å². The van der Waals surface area contributed by atoms with Crippen molar-refractivity contribution in [1.29, 1.82) is 0 Å². The van der Waals surface area contributed by atoms with Gasteiger partial charge in [0, 0.05) is 22.9 Å². The lowest BCUT2D eigenvalue weighted by molar-refractivity contribution is -0.385. The van der Waals surface area contributed by atoms with E-state index in [0.29, 0.717) is 6.42 Å². The molecule has 1 aromatic carbocycles. The van der Waals surface area contributed by atoms with Crippen molar-refractivity contribution in [3.05, 3.63) is 38.9 Å². The zero-order valence-electron chi connectivity index (χ0n) is 11.6. The van der Waals surface area contributed by atoms with Crippen molar-refractivity contribution in [2.24, 2.45) is 23.7 Å². The Morgan fingerprint density at radius 1 is 1.32 bits per heavy atom. The monoisotopic (exact) mass is 321 g/mol. The summed E-state index contributed by atoms with van der Waals surface area (Å²) in [4.78, 5) is 47.5. The Morgan fingerprint density at radius 2 is 2.00 bits per heavy atom. The van der Waals surface area contributed by atoms with Crippen LogP contribution in [0.15, 0.2) is 18.2 Å². The molecule has 0 aromatic heterocycles. The number of ketones is 3. The van der Waals surface area contributed by atoms with E-state index in [-0.39, 0.29) is 28.3 Å². The standard InChI is InChI=1S/C15H12ClNO5/c1-6-9-5-10(9)15(20)12(13(6)18)14(19)8-3-2-7(16)4-11(8)17(21)22/h2-4,6,9-10,12H,5H2,1H3/t6-,9+,10+,12?/m0/s1. The first kappa shape index (κ1) is 14.8. The SMILES string of the molecule is C[C@@H]1C(=O)C(C(=O)c2ccc(Cl)cc2[N+](=O)[O-])C(=O)[C@@H]2C[C@H]12. The van der Waals surface area contributed by atoms with Crippen LogP contribution in [-0.2, 0) is 9.59 Å². The molecule has 0 spiro atoms. The van der Waals surface area contributed by atoms with E-state index in [4.69, 9.17) is 11.6 Å². The average molecular weight is 322 g/mol. The maximum absolute atomic E-state index is 12.6. The summed E-state index contributed by atoms with van der Waals surface area (Å²) in [6, 6.07) is 3.59. The van der Waals surface area contributed by atoms with Crippen LogP contribution in [-0.4, -0.2) is 22.3 Å². The van der Waals surface area contributed by atoms with Crippen molar-refractivity contribution in [3.63, 3.8) is 0 Å². The molecule has 2 saturated carbocycles. The summed E-state index contributed by atoms with van der Waals surface area (Å²) in [5.41, 5.74) is -0.726. The lowest BCUT2D eigenvalue weighted by Gasteiger charge is -2.22. The van der Waals surface area contributed by atoms with Gasteiger partial charge >= 0.3 is 0 Å². The van der Waals surface area contributed by atoms with Gasteiger partial charge in [-0.2, -0.15) is 0 Å². The molecule has 22 heavy (non-hydrogen) atoms. The minimum Gasteiger partial charge on any atom is -0.298 e. The average Bonchev–Trinajstić information content (AvgIpc) is 3.25. The minimum absolute atomic E-state index is 0.0317. The van der Waals surface area contributed by atoms with E-state index in [0.717, 1.165) is 6.07 Å². The van der Waals surface area contributed by atoms with Crippen molar-refractivity contribution in [3.8, 4) is 0 Å². The van der Waals surface area contributed by atoms with Crippen LogP contribution < -0.4 is 0 Å². The molecule has 6 nitrogen and oxygen atoms in total. The lowest BCUT2D eigenvalue weighted by atomic mass is 9.76. The summed E-state index contributed by atoms with van der Waals surface area (Å²) >= 11 is 5.71. The number of carbonyl (C=O) groups excluding carboxylic acids is 3. The van der Waals surface area contributed by atoms with E-state index in [1.54, 1.807) is 6.92 Å². The van der Waals surface area contributed by atoms with Crippen LogP contribution >= 0.6 is 11.6 Å². The number of nitrogens with zero attached hydrogens (tertiary/aromatic N) is 1. The summed E-state index contributed by atoms with van der Waals surface area (Å²) in [6.45, 7) is 1.70. The van der Waals surface area contributed by atoms with E-state index in [1.165, 1.54) is 12.1 Å². The molecule has 4 atom stereocenters. The normalized spacial score (nSPS) is 29.9. The molecule has 2 fully saturated rings. The van der Waals surface area contributed by atoms with Gasteiger partial charge in [0.1, 0.15) is 5.92 Å². The van der Waals surface area contributed by atoms with Crippen LogP contribution in [0.3, 0.4) is 0 Å². The second-order valence-corrected chi connectivity index (χ2v) is 6.25. The second kappa shape index (κ2) is 4.98. The van der Waals surface area contributed by atoms with Gasteiger partial charge in [0.15, 0.2) is 17.3 Å². The topological polar surface area (TPSA) is 94.3 Å². The fourth-order valence-electron chi connectivity index (χ4n) is 3.20. The van der Waals surface area contributed by atoms with Crippen LogP contribution in [0.25, 0.3) is 0 Å². The first-order valence-corrected chi connectivity index (χ1v) is 7.26. The fourth-order valence-corrected chi connectivity index (χ4v) is 3.37. The van der Waals surface area contributed by atoms with Gasteiger partial charge < -0.3 is 0 Å². The number of fused-ring (bicyclic) bond motifs is 1. The number of hydrogen-bond acceptors (Lipinski definition) is 5. The number of benzene rings is 1. The van der Waals surface area contributed by atoms with Crippen LogP contribution in [0.2, 0.25) is 5.02 Å². The van der Waals surface area contributed by atoms with E-state index in [1.807, 2.05) is 0 Å². The molecular weight excluding hydrogens is 310 g/mol. The first-order valence-electron chi connectivity index (χ1n) is 6.88. The van der Waals surface area contributed by atoms with Gasteiger partial charge in [0.2, 0.25) is 0 Å². The number of rotatable bonds is 3. The van der Waals surface area contributed by atoms with E-state index in [2.05, 4.69) is 0 Å². The van der Waals surface area contributed by atoms with Gasteiger partial charge in [-0.3, -0.25) is 24.5 Å². The Labute approximate surface area is 130 Å². The maximum Gasteiger partial charge on any atom is 0.281 e. The summed E-state index contributed by atoms with van der Waals surface area (Å²) in [5, 5.41) is 11.2. The van der Waals surface area contributed by atoms with Crippen molar-refractivity contribution >= 4 is 34.6 Å². The van der Waals surface area contributed by atoms with Gasteiger partial charge in [-0.1, -0.05) is 18.5 Å². The third-order valence-electron chi connectivity index (χ3n) is 4.55. The van der Waals surface area contributed by atoms with Gasteiger partial charge in [-0.15, -0.1) is 0 Å². The molecule has 7 heteroatoms. The Balaban J connectivity index is 2.02. The highest BCUT2D eigenvalue weighted by molar-refractivity contribution is 6.31. The molecule has 0 amide bonds. The second-order valence-electron chi connectivity index (χ2n) is 5.82. The number of nitro groups is 1. The summed E-state index contributed by atoms with van der Waals surface area (Å²) in [5.74, 6) is -3.63. The number of hydrogen-bond donors (Lipinski definition) is 0. The van der Waals surface area contributed by atoms with Crippen molar-refractivity contribution in [2.75, 3.05) is 0 Å². The Hall–Kier alpha value is -2.08. The zero-order chi connectivity index (χ0) is 16.2. The highest BCUT2D eigenvalue weighted by Crippen LogP contribution is 2.51. The fraction of sp³-hybridized carbons (Fsp3) is 0.400. The predicted octanol–water partition coefficient (Wildman–Crippen LogP) is 2.47. The number of nitro benzene ring substituents is 1. The predicted molar refractivity (Wildman–Crippen MR) is 76.7 cm³/mol. The Morgan fingerprint density at radius 3 is 2.64 bits per heavy atom. The first-order chi connectivity index (χ1) is 10.3. The zero-order valence-corrected chi connectivity index (χ0v) is 12.4. The summed E-state index contributed by atoms with van der Waals surface area (Å²) < 4.78 is 0. The molecule has 0 heterocycles. The quantitative estimate of drug-likeness (QED) is 0.369. The minimum atomic E-state index is -1.42. The Bertz CT molecular complexity index is 729. The highest BCUT2D eigenvalue weighted by atomic mass is 35.5. The molecule has 3 rings (SSSR count). The van der Waals surface area contributed by atoms with Gasteiger partial charge in [0.05, 0.1) is 10.5 Å². The smallest absolute Gasteiger partial charge is 0.281 e. The number of halogens is 1. The lowest BCUT2D eigenvalue weighted by Crippen LogP contribution is -2.41. The number of Topliss-reactive ketones (excluding diaryl/α,β-unsaturated/α-hetero) is 3. The summed E-state index contributed by atoms with van der Waals surface area (Å²) in [7, 11) is 0. The molecule has 1 aromatic rings. The molecule has 0 N–H and O–H groups in total. The van der Waals surface area contributed by atoms with Gasteiger partial charge in [-0.05, 0) is 24.5 Å². The third-order valence-corrected chi connectivity index (χ3v) is 4.78. The van der Waals surface area contributed by atoms with Crippen molar-refractivity contribution in [1.82, 2.24) is 0 Å². The van der Waals surface area contributed by atoms with E-state index >= 15 is 0 Å². The molecule has 0 aliphatic heterocycles. The molecule has 0 radical (unpaired) electrons. The molecule has 114 valence electrons. The molecule has 1 unspecified atom stereocenters. The van der Waals surface area contributed by atoms with E-state index < -0.39 is 33.9 Å². The Kier molecular flexibility index (Phi) is 3.36. The molecule has 2 aliphatic rings. The largest absolute Gasteiger partial charge is 0.298 e. The van der Waals surface area contributed by atoms with Crippen LogP contribution in [0.4, 0.5) is 5.69 Å². The maximum atomic E-state index is 12.6. The molecule has 0 bridgehead atoms.